The molecule has 7 heteroatoms. The van der Waals surface area contributed by atoms with E-state index in [1.54, 1.807) is 24.4 Å². The molecule has 1 N–H and O–H groups in total. The number of thiocarbonyl (C=S) groups is 1. The number of para-hydroxylation sites is 2. The van der Waals surface area contributed by atoms with Crippen LogP contribution in [0.15, 0.2) is 30.5 Å². The zero-order valence-electron chi connectivity index (χ0n) is 12.5. The van der Waals surface area contributed by atoms with Crippen molar-refractivity contribution in [1.29, 1.82) is 0 Å². The van der Waals surface area contributed by atoms with Crippen molar-refractivity contribution < 1.29 is 9.84 Å². The third kappa shape index (κ3) is 2.95. The molecule has 0 bridgehead atoms. The van der Waals surface area contributed by atoms with Crippen molar-refractivity contribution in [2.75, 3.05) is 13.1 Å². The summed E-state index contributed by atoms with van der Waals surface area (Å²) in [5.41, 5.74) is 1.20. The van der Waals surface area contributed by atoms with Crippen LogP contribution in [0.1, 0.15) is 19.5 Å². The molecule has 2 heterocycles. The van der Waals surface area contributed by atoms with Crippen LogP contribution in [0.5, 0.6) is 5.75 Å². The van der Waals surface area contributed by atoms with Gasteiger partial charge in [-0.25, -0.2) is 4.68 Å². The second kappa shape index (κ2) is 6.02. The van der Waals surface area contributed by atoms with Gasteiger partial charge in [-0.1, -0.05) is 29.6 Å². The molecule has 0 aliphatic carbocycles. The number of aromatic nitrogens is 3. The minimum atomic E-state index is 0.134. The van der Waals surface area contributed by atoms with E-state index in [0.29, 0.717) is 16.4 Å². The Morgan fingerprint density at radius 1 is 1.27 bits per heavy atom. The predicted octanol–water partition coefficient (Wildman–Crippen LogP) is 1.76. The summed E-state index contributed by atoms with van der Waals surface area (Å²) in [6.45, 7) is 5.55. The topological polar surface area (TPSA) is 63.4 Å². The Labute approximate surface area is 134 Å². The van der Waals surface area contributed by atoms with Crippen molar-refractivity contribution >= 4 is 17.2 Å². The average molecular weight is 318 g/mol. The smallest absolute Gasteiger partial charge is 0.141 e. The largest absolute Gasteiger partial charge is 0.506 e. The van der Waals surface area contributed by atoms with Crippen molar-refractivity contribution in [3.63, 3.8) is 0 Å². The molecule has 2 aromatic rings. The maximum absolute atomic E-state index is 9.88. The fraction of sp³-hybridized carbons (Fsp3) is 0.400. The molecule has 1 aromatic heterocycles. The first-order chi connectivity index (χ1) is 10.5. The predicted molar refractivity (Wildman–Crippen MR) is 86.3 cm³/mol. The Bertz CT molecular complexity index is 678. The van der Waals surface area contributed by atoms with Crippen LogP contribution in [0.2, 0.25) is 0 Å². The molecule has 1 saturated heterocycles. The van der Waals surface area contributed by atoms with Gasteiger partial charge in [0.1, 0.15) is 22.1 Å². The lowest BCUT2D eigenvalue weighted by atomic mass is 10.2. The summed E-state index contributed by atoms with van der Waals surface area (Å²) in [7, 11) is 0. The zero-order chi connectivity index (χ0) is 15.7. The van der Waals surface area contributed by atoms with Gasteiger partial charge in [0.2, 0.25) is 0 Å². The quantitative estimate of drug-likeness (QED) is 0.851. The molecule has 116 valence electrons. The van der Waals surface area contributed by atoms with Gasteiger partial charge in [-0.2, -0.15) is 0 Å². The fourth-order valence-corrected chi connectivity index (χ4v) is 2.89. The van der Waals surface area contributed by atoms with Crippen LogP contribution in [-0.2, 0) is 4.74 Å². The fourth-order valence-electron chi connectivity index (χ4n) is 2.64. The summed E-state index contributed by atoms with van der Waals surface area (Å²) >= 11 is 5.53. The molecule has 0 spiro atoms. The Balaban J connectivity index is 1.82. The van der Waals surface area contributed by atoms with E-state index in [4.69, 9.17) is 17.0 Å². The van der Waals surface area contributed by atoms with Crippen LogP contribution in [0.25, 0.3) is 5.69 Å². The summed E-state index contributed by atoms with van der Waals surface area (Å²) in [6, 6.07) is 6.98. The maximum Gasteiger partial charge on any atom is 0.141 e. The van der Waals surface area contributed by atoms with E-state index in [1.165, 1.54) is 4.68 Å². The highest BCUT2D eigenvalue weighted by Gasteiger charge is 2.25. The van der Waals surface area contributed by atoms with E-state index >= 15 is 0 Å². The van der Waals surface area contributed by atoms with Crippen molar-refractivity contribution in [2.24, 2.45) is 0 Å². The highest BCUT2D eigenvalue weighted by atomic mass is 32.1. The van der Waals surface area contributed by atoms with E-state index in [0.717, 1.165) is 13.1 Å². The number of aromatic hydroxyl groups is 1. The van der Waals surface area contributed by atoms with E-state index in [2.05, 4.69) is 15.2 Å². The van der Waals surface area contributed by atoms with Crippen molar-refractivity contribution in [2.45, 2.75) is 26.1 Å². The van der Waals surface area contributed by atoms with Gasteiger partial charge in [0, 0.05) is 13.1 Å². The lowest BCUT2D eigenvalue weighted by Gasteiger charge is -2.36. The molecule has 3 rings (SSSR count). The van der Waals surface area contributed by atoms with E-state index < -0.39 is 0 Å². The molecule has 0 amide bonds. The third-order valence-corrected chi connectivity index (χ3v) is 4.02. The molecule has 1 fully saturated rings. The summed E-state index contributed by atoms with van der Waals surface area (Å²) in [4.78, 5) is 2.75. The Hall–Kier alpha value is -1.99. The van der Waals surface area contributed by atoms with Crippen molar-refractivity contribution in [1.82, 2.24) is 19.9 Å². The molecule has 0 saturated carbocycles. The van der Waals surface area contributed by atoms with Gasteiger partial charge in [-0.15, -0.1) is 5.10 Å². The lowest BCUT2D eigenvalue weighted by molar-refractivity contribution is -0.0472. The van der Waals surface area contributed by atoms with Crippen LogP contribution in [0.3, 0.4) is 0 Å². The first kappa shape index (κ1) is 14.9. The highest BCUT2D eigenvalue weighted by molar-refractivity contribution is 7.80. The average Bonchev–Trinajstić information content (AvgIpc) is 2.95. The summed E-state index contributed by atoms with van der Waals surface area (Å²) < 4.78 is 7.25. The summed E-state index contributed by atoms with van der Waals surface area (Å²) in [5, 5.41) is 18.1. The van der Waals surface area contributed by atoms with E-state index in [-0.39, 0.29) is 18.0 Å². The molecule has 22 heavy (non-hydrogen) atoms. The standard InChI is InChI=1S/C15H18N4O2S/c1-10-7-18(8-11(2)21-10)15(22)12-9-19(17-16-12)13-5-3-4-6-14(13)20/h3-6,9-11,20H,7-8H2,1-2H3/t10-,11-/m1/s1. The minimum Gasteiger partial charge on any atom is -0.506 e. The molecule has 1 aliphatic rings. The van der Waals surface area contributed by atoms with Crippen molar-refractivity contribution in [3.8, 4) is 11.4 Å². The Morgan fingerprint density at radius 2 is 1.95 bits per heavy atom. The number of nitrogens with zero attached hydrogens (tertiary/aromatic N) is 4. The summed E-state index contributed by atoms with van der Waals surface area (Å²) in [5.74, 6) is 0.151. The maximum atomic E-state index is 9.88. The molecular weight excluding hydrogens is 300 g/mol. The van der Waals surface area contributed by atoms with E-state index in [1.807, 2.05) is 19.9 Å². The highest BCUT2D eigenvalue weighted by Crippen LogP contribution is 2.20. The number of hydrogen-bond donors (Lipinski definition) is 1. The van der Waals surface area contributed by atoms with E-state index in [9.17, 15) is 5.11 Å². The zero-order valence-corrected chi connectivity index (χ0v) is 13.3. The second-order valence-electron chi connectivity index (χ2n) is 5.50. The van der Waals surface area contributed by atoms with Gasteiger partial charge in [-0.3, -0.25) is 0 Å². The van der Waals surface area contributed by atoms with Gasteiger partial charge < -0.3 is 14.7 Å². The number of benzene rings is 1. The van der Waals surface area contributed by atoms with Crippen LogP contribution in [0, 0.1) is 0 Å². The summed E-state index contributed by atoms with van der Waals surface area (Å²) in [6.07, 6.45) is 2.01. The molecule has 6 nitrogen and oxygen atoms in total. The van der Waals surface area contributed by atoms with Gasteiger partial charge in [0.25, 0.3) is 0 Å². The van der Waals surface area contributed by atoms with Crippen LogP contribution in [-0.4, -0.2) is 55.3 Å². The number of ether oxygens (including phenoxy) is 1. The first-order valence-electron chi connectivity index (χ1n) is 7.20. The molecule has 1 aromatic carbocycles. The first-order valence-corrected chi connectivity index (χ1v) is 7.61. The molecule has 0 unspecified atom stereocenters. The van der Waals surface area contributed by atoms with Gasteiger partial charge in [-0.05, 0) is 26.0 Å². The number of hydrogen-bond acceptors (Lipinski definition) is 5. The lowest BCUT2D eigenvalue weighted by Crippen LogP contribution is -2.47. The van der Waals surface area contributed by atoms with Crippen molar-refractivity contribution in [3.05, 3.63) is 36.2 Å². The Kier molecular flexibility index (Phi) is 4.08. The van der Waals surface area contributed by atoms with Crippen LogP contribution >= 0.6 is 12.2 Å². The SMILES string of the molecule is C[C@@H]1CN(C(=S)c2cn(-c3ccccc3O)nn2)C[C@@H](C)O1. The van der Waals surface area contributed by atoms with Gasteiger partial charge in [0.05, 0.1) is 18.4 Å². The number of phenolic OH excluding ortho intramolecular Hbond substituents is 1. The minimum absolute atomic E-state index is 0.134. The third-order valence-electron chi connectivity index (χ3n) is 3.55. The van der Waals surface area contributed by atoms with Gasteiger partial charge >= 0.3 is 0 Å². The number of rotatable bonds is 2. The van der Waals surface area contributed by atoms with Crippen LogP contribution in [0.4, 0.5) is 0 Å². The molecular formula is C15H18N4O2S. The Morgan fingerprint density at radius 3 is 2.64 bits per heavy atom. The normalized spacial score (nSPS) is 21.8. The van der Waals surface area contributed by atoms with Gasteiger partial charge in [0.15, 0.2) is 0 Å². The number of morpholine rings is 1. The second-order valence-corrected chi connectivity index (χ2v) is 5.89. The molecule has 0 radical (unpaired) electrons. The molecule has 2 atom stereocenters. The molecule has 1 aliphatic heterocycles. The number of phenols is 1. The van der Waals surface area contributed by atoms with Crippen LogP contribution < -0.4 is 0 Å². The monoisotopic (exact) mass is 318 g/mol.